The number of carbonyl (C=O) groups is 1. The Morgan fingerprint density at radius 2 is 1.91 bits per heavy atom. The number of anilines is 2. The summed E-state index contributed by atoms with van der Waals surface area (Å²) in [6.07, 6.45) is -3.94. The van der Waals surface area contributed by atoms with Crippen molar-refractivity contribution in [3.05, 3.63) is 46.3 Å². The summed E-state index contributed by atoms with van der Waals surface area (Å²) >= 11 is 1.96. The molecule has 2 aromatic heterocycles. The van der Waals surface area contributed by atoms with Crippen molar-refractivity contribution in [1.29, 1.82) is 0 Å². The number of nitrogens with one attached hydrogen (secondary N) is 2. The molecule has 5 rings (SSSR count). The molecule has 4 aromatic rings. The quantitative estimate of drug-likeness (QED) is 0.0632. The number of esters is 1. The van der Waals surface area contributed by atoms with Crippen molar-refractivity contribution in [2.75, 3.05) is 31.3 Å². The van der Waals surface area contributed by atoms with E-state index >= 15 is 0 Å². The van der Waals surface area contributed by atoms with E-state index in [9.17, 15) is 19.6 Å². The zero-order valence-electron chi connectivity index (χ0n) is 26.8. The molecule has 1 aliphatic heterocycles. The number of hydrogen-bond acceptors (Lipinski definition) is 13. The van der Waals surface area contributed by atoms with Crippen molar-refractivity contribution in [2.45, 2.75) is 64.7 Å². The van der Waals surface area contributed by atoms with Gasteiger partial charge in [0.15, 0.2) is 27.0 Å². The smallest absolute Gasteiger partial charge is 0.459 e. The Labute approximate surface area is 285 Å². The van der Waals surface area contributed by atoms with Crippen molar-refractivity contribution in [2.24, 2.45) is 5.41 Å². The molecule has 3 heterocycles. The number of ether oxygens (including phenoxy) is 2. The molecule has 0 radical (unpaired) electrons. The van der Waals surface area contributed by atoms with Gasteiger partial charge < -0.3 is 35.3 Å². The Bertz CT molecular complexity index is 1830. The number of aliphatic hydroxyl groups is 2. The van der Waals surface area contributed by atoms with Gasteiger partial charge in [-0.05, 0) is 30.7 Å². The molecule has 2 unspecified atom stereocenters. The fourth-order valence-electron chi connectivity index (χ4n) is 5.07. The molecule has 47 heavy (non-hydrogen) atoms. The fourth-order valence-corrected chi connectivity index (χ4v) is 7.31. The number of benzene rings is 2. The molecule has 1 aliphatic rings. The summed E-state index contributed by atoms with van der Waals surface area (Å²) in [7, 11) is -2.72. The number of halogens is 1. The van der Waals surface area contributed by atoms with Gasteiger partial charge in [-0.1, -0.05) is 57.2 Å². The predicted molar refractivity (Wildman–Crippen MR) is 184 cm³/mol. The fraction of sp³-hybridized carbons (Fsp3) is 0.467. The van der Waals surface area contributed by atoms with E-state index in [-0.39, 0.29) is 29.4 Å². The zero-order chi connectivity index (χ0) is 34.3. The van der Waals surface area contributed by atoms with Crippen LogP contribution < -0.4 is 20.7 Å². The van der Waals surface area contributed by atoms with Gasteiger partial charge in [0.2, 0.25) is 5.95 Å². The lowest BCUT2D eigenvalue weighted by Crippen LogP contribution is -2.45. The zero-order valence-corrected chi connectivity index (χ0v) is 29.9. The Morgan fingerprint density at radius 3 is 2.62 bits per heavy atom. The van der Waals surface area contributed by atoms with Gasteiger partial charge in [0.25, 0.3) is 0 Å². The van der Waals surface area contributed by atoms with Crippen LogP contribution in [0.3, 0.4) is 0 Å². The number of aliphatic hydroxyl groups excluding tert-OH is 1. The Balaban J connectivity index is 1.42. The van der Waals surface area contributed by atoms with Crippen LogP contribution in [0.5, 0.6) is 5.75 Å². The van der Waals surface area contributed by atoms with Gasteiger partial charge in [-0.25, -0.2) is 9.55 Å². The maximum Gasteiger partial charge on any atom is 0.459 e. The Hall–Kier alpha value is -3.12. The summed E-state index contributed by atoms with van der Waals surface area (Å²) in [4.78, 5) is 25.8. The number of aromatic nitrogens is 4. The minimum absolute atomic E-state index is 0.0368. The first-order chi connectivity index (χ1) is 22.0. The number of carbonyl (C=O) groups excluding carboxylic acids is 1. The lowest BCUT2D eigenvalue weighted by Gasteiger charge is -2.28. The first-order valence-corrected chi connectivity index (χ1v) is 17.5. The average molecular weight is 784 g/mol. The lowest BCUT2D eigenvalue weighted by molar-refractivity contribution is -0.148. The monoisotopic (exact) mass is 783 g/mol. The van der Waals surface area contributed by atoms with Crippen molar-refractivity contribution < 1.29 is 38.1 Å². The molecule has 0 amide bonds. The van der Waals surface area contributed by atoms with Gasteiger partial charge in [-0.2, -0.15) is 15.1 Å². The molecule has 0 spiro atoms. The summed E-state index contributed by atoms with van der Waals surface area (Å²) in [6, 6.07) is 11.5. The number of nitrogens with zero attached hydrogens (tertiary/aromatic N) is 4. The summed E-state index contributed by atoms with van der Waals surface area (Å²) in [5.74, 6) is -0.0848. The summed E-state index contributed by atoms with van der Waals surface area (Å²) in [5, 5.41) is 29.9. The van der Waals surface area contributed by atoms with Gasteiger partial charge in [-0.3, -0.25) is 13.9 Å². The molecule has 6 N–H and O–H groups in total. The van der Waals surface area contributed by atoms with Crippen LogP contribution in [-0.4, -0.2) is 79.8 Å². The van der Waals surface area contributed by atoms with E-state index in [0.717, 1.165) is 5.39 Å². The molecule has 1 saturated heterocycles. The molecule has 1 fully saturated rings. The molecule has 6 atom stereocenters. The Kier molecular flexibility index (Phi) is 10.0. The van der Waals surface area contributed by atoms with Gasteiger partial charge in [-0.15, -0.1) is 0 Å². The van der Waals surface area contributed by atoms with Crippen molar-refractivity contribution in [3.63, 3.8) is 0 Å². The minimum atomic E-state index is -4.38. The van der Waals surface area contributed by atoms with Gasteiger partial charge in [0.1, 0.15) is 29.6 Å². The standard InChI is InChI=1S/C30H39IN7O8P/c1-16(25(40)43-15-29(2,3)4)37-47(42,46-19-13-9-11-17-10-7-8-12-18(17)19)44-14-20-22(39)30(5,41)26(45-20)38-24-21(34-27(38)31)23(33-6)35-28(32)36-24/h7-13,16,20,22,26,39,41H,14-15H2,1-6H3,(H,37,42)(H3,32,33,35,36)/t16-,20+,22+,26?,30+,47?/m0/s1. The highest BCUT2D eigenvalue weighted by Gasteiger charge is 2.55. The van der Waals surface area contributed by atoms with Crippen LogP contribution in [-0.2, 0) is 23.4 Å². The molecule has 0 saturated carbocycles. The summed E-state index contributed by atoms with van der Waals surface area (Å²) in [5.41, 5.74) is 4.39. The van der Waals surface area contributed by atoms with Gasteiger partial charge in [0, 0.05) is 35.0 Å². The number of nitrogens with two attached hydrogens (primary N) is 1. The molecule has 0 aliphatic carbocycles. The van der Waals surface area contributed by atoms with Crippen LogP contribution in [0.15, 0.2) is 42.5 Å². The highest BCUT2D eigenvalue weighted by Crippen LogP contribution is 2.49. The lowest BCUT2D eigenvalue weighted by atomic mass is 9.96. The number of hydrogen-bond donors (Lipinski definition) is 5. The molecule has 17 heteroatoms. The third kappa shape index (κ3) is 7.48. The minimum Gasteiger partial charge on any atom is -0.464 e. The summed E-state index contributed by atoms with van der Waals surface area (Å²) in [6.45, 7) is 8.26. The van der Waals surface area contributed by atoms with Crippen molar-refractivity contribution >= 4 is 70.0 Å². The van der Waals surface area contributed by atoms with Crippen LogP contribution >= 0.6 is 30.3 Å². The van der Waals surface area contributed by atoms with E-state index in [1.807, 2.05) is 67.6 Å². The van der Waals surface area contributed by atoms with Crippen LogP contribution in [0, 0.1) is 9.25 Å². The van der Waals surface area contributed by atoms with E-state index in [0.29, 0.717) is 20.6 Å². The number of fused-ring (bicyclic) bond motifs is 2. The van der Waals surface area contributed by atoms with E-state index in [1.165, 1.54) is 18.4 Å². The predicted octanol–water partition coefficient (Wildman–Crippen LogP) is 3.99. The number of rotatable bonds is 11. The van der Waals surface area contributed by atoms with Crippen LogP contribution in [0.25, 0.3) is 21.9 Å². The maximum absolute atomic E-state index is 14.4. The van der Waals surface area contributed by atoms with Crippen molar-refractivity contribution in [1.82, 2.24) is 24.6 Å². The van der Waals surface area contributed by atoms with Crippen LogP contribution in [0.2, 0.25) is 0 Å². The van der Waals surface area contributed by atoms with Crippen LogP contribution in [0.4, 0.5) is 11.8 Å². The van der Waals surface area contributed by atoms with E-state index < -0.39 is 50.4 Å². The molecular formula is C30H39IN7O8P. The van der Waals surface area contributed by atoms with Gasteiger partial charge in [0.05, 0.1) is 13.2 Å². The highest BCUT2D eigenvalue weighted by molar-refractivity contribution is 14.1. The number of nitrogen functional groups attached to an aromatic ring is 1. The highest BCUT2D eigenvalue weighted by atomic mass is 127. The topological polar surface area (TPSA) is 205 Å². The molecule has 15 nitrogen and oxygen atoms in total. The second-order valence-corrected chi connectivity index (χ2v) is 15.3. The molecule has 0 bridgehead atoms. The third-order valence-electron chi connectivity index (χ3n) is 7.47. The summed E-state index contributed by atoms with van der Waals surface area (Å²) < 4.78 is 39.7. The normalized spacial score (nSPS) is 23.5. The first kappa shape index (κ1) is 35.2. The second-order valence-electron chi connectivity index (χ2n) is 12.7. The first-order valence-electron chi connectivity index (χ1n) is 14.8. The third-order valence-corrected chi connectivity index (χ3v) is 9.86. The molecule has 254 valence electrons. The van der Waals surface area contributed by atoms with E-state index in [4.69, 9.17) is 24.3 Å². The van der Waals surface area contributed by atoms with E-state index in [1.54, 1.807) is 25.2 Å². The Morgan fingerprint density at radius 1 is 1.21 bits per heavy atom. The maximum atomic E-state index is 14.4. The average Bonchev–Trinajstić information content (AvgIpc) is 3.44. The van der Waals surface area contributed by atoms with Crippen molar-refractivity contribution in [3.8, 4) is 5.75 Å². The SMILES string of the molecule is CNc1nc(N)nc2c1nc(I)n2C1O[C@H](COP(=O)(N[C@@H](C)C(=O)OCC(C)(C)C)Oc2cccc3ccccc23)[C@@H](O)[C@@]1(C)O. The largest absolute Gasteiger partial charge is 0.464 e. The van der Waals surface area contributed by atoms with Gasteiger partial charge >= 0.3 is 13.7 Å². The second kappa shape index (κ2) is 13.4. The van der Waals surface area contributed by atoms with Crippen LogP contribution in [0.1, 0.15) is 40.8 Å². The number of imidazole rings is 1. The molecular weight excluding hydrogens is 744 g/mol. The van der Waals surface area contributed by atoms with E-state index in [2.05, 4.69) is 25.4 Å². The molecule has 2 aromatic carbocycles.